The second-order valence-corrected chi connectivity index (χ2v) is 7.38. The second kappa shape index (κ2) is 5.53. The lowest BCUT2D eigenvalue weighted by Gasteiger charge is -2.11. The first kappa shape index (κ1) is 14.0. The topological polar surface area (TPSA) is 3.88 Å². The minimum atomic E-state index is 0.781. The van der Waals surface area contributed by atoms with Crippen LogP contribution in [0.3, 0.4) is 0 Å². The summed E-state index contributed by atoms with van der Waals surface area (Å²) in [5.74, 6) is 2.44. The molecule has 0 radical (unpaired) electrons. The summed E-state index contributed by atoms with van der Waals surface area (Å²) >= 11 is 0. The van der Waals surface area contributed by atoms with Crippen molar-refractivity contribution in [1.82, 2.24) is 0 Å². The molecule has 1 heterocycles. The summed E-state index contributed by atoms with van der Waals surface area (Å²) in [5, 5.41) is 0. The normalized spacial score (nSPS) is 24.6. The second-order valence-electron chi connectivity index (χ2n) is 7.38. The highest BCUT2D eigenvalue weighted by atomic mass is 14.9. The molecule has 0 amide bonds. The van der Waals surface area contributed by atoms with Crippen LogP contribution in [-0.2, 0) is 7.05 Å². The lowest BCUT2D eigenvalue weighted by Crippen LogP contribution is -2.33. The van der Waals surface area contributed by atoms with Gasteiger partial charge in [-0.1, -0.05) is 44.0 Å². The van der Waals surface area contributed by atoms with Crippen molar-refractivity contribution in [3.8, 4) is 11.1 Å². The van der Waals surface area contributed by atoms with Crippen molar-refractivity contribution in [2.75, 3.05) is 0 Å². The fourth-order valence-corrected chi connectivity index (χ4v) is 4.14. The highest BCUT2D eigenvalue weighted by Gasteiger charge is 2.39. The summed E-state index contributed by atoms with van der Waals surface area (Å²) in [6.07, 6.45) is 9.21. The maximum absolute atomic E-state index is 2.42. The maximum atomic E-state index is 2.42. The fraction of sp³-hybridized carbons (Fsp3) is 0.476. The summed E-state index contributed by atoms with van der Waals surface area (Å²) in [4.78, 5) is 0. The summed E-state index contributed by atoms with van der Waals surface area (Å²) in [6.45, 7) is 2.35. The number of nitrogens with zero attached hydrogens (tertiary/aromatic N) is 1. The molecule has 2 aliphatic rings. The van der Waals surface area contributed by atoms with Crippen molar-refractivity contribution in [2.45, 2.75) is 50.9 Å². The lowest BCUT2D eigenvalue weighted by molar-refractivity contribution is -0.679. The minimum Gasteiger partial charge on any atom is -0.204 e. The van der Waals surface area contributed by atoms with Gasteiger partial charge < -0.3 is 0 Å². The third-order valence-corrected chi connectivity index (χ3v) is 5.71. The molecule has 1 heteroatoms. The largest absolute Gasteiger partial charge is 0.204 e. The van der Waals surface area contributed by atoms with Gasteiger partial charge in [-0.2, -0.15) is 0 Å². The molecule has 2 aromatic rings. The van der Waals surface area contributed by atoms with E-state index in [0.717, 1.165) is 17.8 Å². The van der Waals surface area contributed by atoms with Gasteiger partial charge in [0.15, 0.2) is 11.9 Å². The predicted octanol–water partition coefficient (Wildman–Crippen LogP) is 4.96. The highest BCUT2D eigenvalue weighted by molar-refractivity contribution is 5.63. The molecule has 2 fully saturated rings. The Bertz CT molecular complexity index is 682. The zero-order valence-electron chi connectivity index (χ0n) is 13.8. The monoisotopic (exact) mass is 292 g/mol. The molecule has 4 rings (SSSR count). The standard InChI is InChI=1S/C21H26N/c1-15-12-20(15)21-11-10-19(14-22(21)2)18-9-5-8-17(13-18)16-6-3-4-7-16/h5,8-11,13-16,20H,3-4,6-7,12H2,1-2H3/q+1. The molecule has 0 saturated heterocycles. The molecule has 2 saturated carbocycles. The van der Waals surface area contributed by atoms with Crippen molar-refractivity contribution in [2.24, 2.45) is 13.0 Å². The smallest absolute Gasteiger partial charge is 0.184 e. The third kappa shape index (κ3) is 2.58. The van der Waals surface area contributed by atoms with Crippen molar-refractivity contribution in [3.63, 3.8) is 0 Å². The molecule has 1 aromatic heterocycles. The molecule has 2 atom stereocenters. The molecule has 0 aliphatic heterocycles. The molecular weight excluding hydrogens is 266 g/mol. The van der Waals surface area contributed by atoms with Crippen LogP contribution in [0.2, 0.25) is 0 Å². The Kier molecular flexibility index (Phi) is 3.52. The van der Waals surface area contributed by atoms with Gasteiger partial charge in [0.2, 0.25) is 0 Å². The van der Waals surface area contributed by atoms with Gasteiger partial charge in [0, 0.05) is 17.5 Å². The number of aromatic nitrogens is 1. The van der Waals surface area contributed by atoms with E-state index in [1.807, 2.05) is 0 Å². The van der Waals surface area contributed by atoms with Gasteiger partial charge in [0.05, 0.1) is 0 Å². The van der Waals surface area contributed by atoms with E-state index in [0.29, 0.717) is 0 Å². The first-order chi connectivity index (χ1) is 10.7. The van der Waals surface area contributed by atoms with Gasteiger partial charge in [-0.15, -0.1) is 0 Å². The van der Waals surface area contributed by atoms with Gasteiger partial charge >= 0.3 is 0 Å². The lowest BCUT2D eigenvalue weighted by atomic mass is 9.94. The van der Waals surface area contributed by atoms with Crippen molar-refractivity contribution < 1.29 is 4.57 Å². The van der Waals surface area contributed by atoms with Crippen molar-refractivity contribution >= 4 is 0 Å². The van der Waals surface area contributed by atoms with Gasteiger partial charge in [0.1, 0.15) is 7.05 Å². The Morgan fingerprint density at radius 1 is 1.00 bits per heavy atom. The molecule has 1 nitrogen and oxygen atoms in total. The van der Waals surface area contributed by atoms with Crippen LogP contribution in [0.4, 0.5) is 0 Å². The molecule has 0 spiro atoms. The van der Waals surface area contributed by atoms with E-state index in [-0.39, 0.29) is 0 Å². The van der Waals surface area contributed by atoms with Crippen molar-refractivity contribution in [1.29, 1.82) is 0 Å². The van der Waals surface area contributed by atoms with E-state index in [2.05, 4.69) is 61.1 Å². The Balaban J connectivity index is 1.64. The average molecular weight is 292 g/mol. The van der Waals surface area contributed by atoms with Crippen LogP contribution >= 0.6 is 0 Å². The van der Waals surface area contributed by atoms with Crippen LogP contribution < -0.4 is 4.57 Å². The van der Waals surface area contributed by atoms with E-state index < -0.39 is 0 Å². The molecule has 114 valence electrons. The average Bonchev–Trinajstić information content (AvgIpc) is 3.04. The summed E-state index contributed by atoms with van der Waals surface area (Å²) in [5.41, 5.74) is 5.75. The van der Waals surface area contributed by atoms with Crippen LogP contribution in [-0.4, -0.2) is 0 Å². The van der Waals surface area contributed by atoms with E-state index >= 15 is 0 Å². The Hall–Kier alpha value is -1.63. The molecule has 1 aromatic carbocycles. The van der Waals surface area contributed by atoms with E-state index in [9.17, 15) is 0 Å². The highest BCUT2D eigenvalue weighted by Crippen LogP contribution is 2.45. The molecule has 22 heavy (non-hydrogen) atoms. The van der Waals surface area contributed by atoms with Gasteiger partial charge in [-0.25, -0.2) is 4.57 Å². The minimum absolute atomic E-state index is 0.781. The van der Waals surface area contributed by atoms with Gasteiger partial charge in [-0.3, -0.25) is 0 Å². The van der Waals surface area contributed by atoms with Crippen LogP contribution in [0.25, 0.3) is 11.1 Å². The number of hydrogen-bond acceptors (Lipinski definition) is 0. The van der Waals surface area contributed by atoms with Crippen molar-refractivity contribution in [3.05, 3.63) is 53.9 Å². The number of hydrogen-bond donors (Lipinski definition) is 0. The SMILES string of the molecule is CC1CC1c1ccc(-c2cccc(C3CCCC3)c2)c[n+]1C. The summed E-state index contributed by atoms with van der Waals surface area (Å²) in [7, 11) is 2.20. The first-order valence-corrected chi connectivity index (χ1v) is 8.82. The zero-order valence-corrected chi connectivity index (χ0v) is 13.8. The summed E-state index contributed by atoms with van der Waals surface area (Å²) < 4.78 is 2.34. The maximum Gasteiger partial charge on any atom is 0.184 e. The third-order valence-electron chi connectivity index (χ3n) is 5.71. The molecule has 0 bridgehead atoms. The van der Waals surface area contributed by atoms with Crippen LogP contribution in [0.15, 0.2) is 42.6 Å². The molecule has 2 aliphatic carbocycles. The quantitative estimate of drug-likeness (QED) is 0.704. The molecular formula is C21H26N+. The van der Waals surface area contributed by atoms with Crippen LogP contribution in [0.5, 0.6) is 0 Å². The Morgan fingerprint density at radius 2 is 1.77 bits per heavy atom. The van der Waals surface area contributed by atoms with E-state index in [1.54, 1.807) is 0 Å². The summed E-state index contributed by atoms with van der Waals surface area (Å²) in [6, 6.07) is 13.9. The Morgan fingerprint density at radius 3 is 2.45 bits per heavy atom. The van der Waals surface area contributed by atoms with Gasteiger partial charge in [0.25, 0.3) is 0 Å². The number of rotatable bonds is 3. The van der Waals surface area contributed by atoms with E-state index in [4.69, 9.17) is 0 Å². The molecule has 0 N–H and O–H groups in total. The van der Waals surface area contributed by atoms with Crippen LogP contribution in [0, 0.1) is 5.92 Å². The number of aryl methyl sites for hydroxylation is 1. The predicted molar refractivity (Wildman–Crippen MR) is 90.8 cm³/mol. The molecule has 2 unspecified atom stereocenters. The first-order valence-electron chi connectivity index (χ1n) is 8.82. The number of pyridine rings is 1. The fourth-order valence-electron chi connectivity index (χ4n) is 4.14. The zero-order chi connectivity index (χ0) is 15.1. The van der Waals surface area contributed by atoms with E-state index in [1.165, 1.54) is 54.5 Å². The van der Waals surface area contributed by atoms with Gasteiger partial charge in [-0.05, 0) is 48.3 Å². The van der Waals surface area contributed by atoms with Crippen LogP contribution in [0.1, 0.15) is 62.1 Å². The number of benzene rings is 1. The Labute approximate surface area is 134 Å².